The highest BCUT2D eigenvalue weighted by Gasteiger charge is 2.22. The van der Waals surface area contributed by atoms with Crippen molar-refractivity contribution in [3.8, 4) is 0 Å². The number of thioether (sulfide) groups is 2. The lowest BCUT2D eigenvalue weighted by Crippen LogP contribution is -2.36. The second-order valence-electron chi connectivity index (χ2n) is 6.97. The Labute approximate surface area is 193 Å². The maximum Gasteiger partial charge on any atom is 0.237 e. The van der Waals surface area contributed by atoms with Gasteiger partial charge in [-0.1, -0.05) is 71.6 Å². The Morgan fingerprint density at radius 2 is 1.84 bits per heavy atom. The van der Waals surface area contributed by atoms with E-state index in [0.717, 1.165) is 30.8 Å². The van der Waals surface area contributed by atoms with Crippen LogP contribution < -0.4 is 10.2 Å². The van der Waals surface area contributed by atoms with E-state index in [1.165, 1.54) is 34.2 Å². The van der Waals surface area contributed by atoms with Crippen LogP contribution in [0, 0.1) is 0 Å². The molecule has 0 atom stereocenters. The van der Waals surface area contributed by atoms with Crippen molar-refractivity contribution in [3.63, 3.8) is 0 Å². The van der Waals surface area contributed by atoms with Crippen molar-refractivity contribution in [1.29, 1.82) is 0 Å². The van der Waals surface area contributed by atoms with Crippen LogP contribution in [0.25, 0.3) is 0 Å². The largest absolute Gasteiger partial charge is 0.311 e. The number of benzene rings is 2. The lowest BCUT2D eigenvalue weighted by atomic mass is 10.0. The molecular weight excluding hydrogens is 448 g/mol. The number of rotatable bonds is 8. The van der Waals surface area contributed by atoms with Gasteiger partial charge in [-0.3, -0.25) is 14.9 Å². The van der Waals surface area contributed by atoms with Gasteiger partial charge in [0.2, 0.25) is 16.9 Å². The van der Waals surface area contributed by atoms with Crippen molar-refractivity contribution < 1.29 is 9.59 Å². The van der Waals surface area contributed by atoms with E-state index in [4.69, 9.17) is 0 Å². The van der Waals surface area contributed by atoms with Crippen molar-refractivity contribution in [2.45, 2.75) is 22.9 Å². The molecule has 0 radical (unpaired) electrons. The topological polar surface area (TPSA) is 75.2 Å². The van der Waals surface area contributed by atoms with Crippen molar-refractivity contribution in [3.05, 3.63) is 65.7 Å². The molecule has 0 saturated heterocycles. The van der Waals surface area contributed by atoms with Gasteiger partial charge >= 0.3 is 0 Å². The van der Waals surface area contributed by atoms with Crippen LogP contribution in [-0.2, 0) is 21.8 Å². The molecule has 6 nitrogen and oxygen atoms in total. The van der Waals surface area contributed by atoms with Crippen LogP contribution >= 0.6 is 34.9 Å². The Balaban J connectivity index is 1.23. The summed E-state index contributed by atoms with van der Waals surface area (Å²) >= 11 is 4.21. The highest BCUT2D eigenvalue weighted by molar-refractivity contribution is 8.01. The van der Waals surface area contributed by atoms with Crippen LogP contribution in [-0.4, -0.2) is 40.1 Å². The van der Waals surface area contributed by atoms with Gasteiger partial charge in [0.05, 0.1) is 11.5 Å². The molecule has 1 aromatic heterocycles. The highest BCUT2D eigenvalue weighted by Crippen LogP contribution is 2.30. The molecule has 0 saturated carbocycles. The fourth-order valence-corrected chi connectivity index (χ4v) is 5.74. The summed E-state index contributed by atoms with van der Waals surface area (Å²) in [6, 6.07) is 18.1. The van der Waals surface area contributed by atoms with Gasteiger partial charge in [0.15, 0.2) is 4.34 Å². The second-order valence-corrected chi connectivity index (χ2v) is 10.2. The molecule has 0 spiro atoms. The van der Waals surface area contributed by atoms with Crippen LogP contribution in [0.15, 0.2) is 58.9 Å². The van der Waals surface area contributed by atoms with E-state index in [1.807, 2.05) is 53.4 Å². The van der Waals surface area contributed by atoms with Gasteiger partial charge in [-0.2, -0.15) is 0 Å². The third-order valence-electron chi connectivity index (χ3n) is 4.73. The number of amides is 2. The Morgan fingerprint density at radius 1 is 1.03 bits per heavy atom. The Hall–Kier alpha value is -2.36. The van der Waals surface area contributed by atoms with Gasteiger partial charge in [-0.15, -0.1) is 22.0 Å². The van der Waals surface area contributed by atoms with E-state index in [-0.39, 0.29) is 11.8 Å². The summed E-state index contributed by atoms with van der Waals surface area (Å²) < 4.78 is 0.672. The fourth-order valence-electron chi connectivity index (χ4n) is 3.30. The normalized spacial score (nSPS) is 13.0. The molecule has 2 amide bonds. The Bertz CT molecular complexity index is 1040. The number of hydrogen-bond donors (Lipinski definition) is 1. The minimum atomic E-state index is -0.102. The number of nitrogens with one attached hydrogen (secondary N) is 1. The van der Waals surface area contributed by atoms with Crippen molar-refractivity contribution in [1.82, 2.24) is 10.2 Å². The molecule has 2 aromatic carbocycles. The zero-order chi connectivity index (χ0) is 21.5. The Morgan fingerprint density at radius 3 is 2.71 bits per heavy atom. The van der Waals surface area contributed by atoms with E-state index < -0.39 is 0 Å². The summed E-state index contributed by atoms with van der Waals surface area (Å²) in [5.74, 6) is 1.39. The van der Waals surface area contributed by atoms with Gasteiger partial charge in [0.25, 0.3) is 0 Å². The maximum absolute atomic E-state index is 12.7. The van der Waals surface area contributed by atoms with Gasteiger partial charge in [0.1, 0.15) is 0 Å². The molecule has 31 heavy (non-hydrogen) atoms. The van der Waals surface area contributed by atoms with Gasteiger partial charge in [-0.05, 0) is 30.0 Å². The standard InChI is InChI=1S/C22H22N4O2S3/c27-19(14-29-13-16-7-2-1-3-8-16)23-21-24-25-22(31-21)30-15-20(28)26-12-6-10-17-9-4-5-11-18(17)26/h1-5,7-9,11H,6,10,12-15H2,(H,23,24,27). The predicted molar refractivity (Wildman–Crippen MR) is 129 cm³/mol. The third kappa shape index (κ3) is 6.09. The lowest BCUT2D eigenvalue weighted by molar-refractivity contribution is -0.116. The van der Waals surface area contributed by atoms with E-state index in [0.29, 0.717) is 21.0 Å². The molecule has 2 heterocycles. The molecule has 9 heteroatoms. The highest BCUT2D eigenvalue weighted by atomic mass is 32.2. The average molecular weight is 471 g/mol. The molecule has 0 unspecified atom stereocenters. The zero-order valence-corrected chi connectivity index (χ0v) is 19.3. The van der Waals surface area contributed by atoms with E-state index in [1.54, 1.807) is 11.8 Å². The number of carbonyl (C=O) groups excluding carboxylic acids is 2. The minimum absolute atomic E-state index is 0.0650. The second kappa shape index (κ2) is 10.8. The number of nitrogens with zero attached hydrogens (tertiary/aromatic N) is 3. The zero-order valence-electron chi connectivity index (χ0n) is 16.8. The lowest BCUT2D eigenvalue weighted by Gasteiger charge is -2.29. The molecule has 4 rings (SSSR count). The number of para-hydroxylation sites is 1. The van der Waals surface area contributed by atoms with Gasteiger partial charge in [0, 0.05) is 18.0 Å². The minimum Gasteiger partial charge on any atom is -0.311 e. The summed E-state index contributed by atoms with van der Waals surface area (Å²) in [7, 11) is 0. The van der Waals surface area contributed by atoms with Crippen LogP contribution in [0.1, 0.15) is 17.5 Å². The van der Waals surface area contributed by atoms with Crippen LogP contribution in [0.4, 0.5) is 10.8 Å². The first-order valence-electron chi connectivity index (χ1n) is 9.95. The fraction of sp³-hybridized carbons (Fsp3) is 0.273. The average Bonchev–Trinajstić information content (AvgIpc) is 3.25. The number of anilines is 2. The number of carbonyl (C=O) groups is 2. The first-order valence-corrected chi connectivity index (χ1v) is 12.9. The van der Waals surface area contributed by atoms with E-state index in [9.17, 15) is 9.59 Å². The third-order valence-corrected chi connectivity index (χ3v) is 7.69. The van der Waals surface area contributed by atoms with E-state index in [2.05, 4.69) is 21.6 Å². The maximum atomic E-state index is 12.7. The monoisotopic (exact) mass is 470 g/mol. The number of hydrogen-bond acceptors (Lipinski definition) is 7. The van der Waals surface area contributed by atoms with Crippen LogP contribution in [0.3, 0.4) is 0 Å². The Kier molecular flexibility index (Phi) is 7.61. The van der Waals surface area contributed by atoms with Crippen molar-refractivity contribution >= 4 is 57.5 Å². The molecule has 1 aliphatic rings. The van der Waals surface area contributed by atoms with Crippen molar-refractivity contribution in [2.24, 2.45) is 0 Å². The first kappa shape index (κ1) is 21.9. The molecule has 0 bridgehead atoms. The quantitative estimate of drug-likeness (QED) is 0.386. The van der Waals surface area contributed by atoms with E-state index >= 15 is 0 Å². The predicted octanol–water partition coefficient (Wildman–Crippen LogP) is 4.48. The number of aromatic nitrogens is 2. The van der Waals surface area contributed by atoms with Crippen LogP contribution in [0.5, 0.6) is 0 Å². The summed E-state index contributed by atoms with van der Waals surface area (Å²) in [5, 5.41) is 11.4. The SMILES string of the molecule is O=C(CSCc1ccccc1)Nc1nnc(SCC(=O)N2CCCc3ccccc32)s1. The first-order chi connectivity index (χ1) is 15.2. The molecule has 160 valence electrons. The number of aryl methyl sites for hydroxylation is 1. The summed E-state index contributed by atoms with van der Waals surface area (Å²) in [5.41, 5.74) is 3.42. The van der Waals surface area contributed by atoms with Gasteiger partial charge < -0.3 is 4.90 Å². The molecule has 1 aliphatic heterocycles. The van der Waals surface area contributed by atoms with Crippen molar-refractivity contribution in [2.75, 3.05) is 28.3 Å². The molecule has 0 aliphatic carbocycles. The summed E-state index contributed by atoms with van der Waals surface area (Å²) in [6.07, 6.45) is 1.99. The summed E-state index contributed by atoms with van der Waals surface area (Å²) in [6.45, 7) is 0.745. The number of fused-ring (bicyclic) bond motifs is 1. The summed E-state index contributed by atoms with van der Waals surface area (Å²) in [4.78, 5) is 26.7. The van der Waals surface area contributed by atoms with Crippen LogP contribution in [0.2, 0.25) is 0 Å². The molecule has 0 fully saturated rings. The smallest absolute Gasteiger partial charge is 0.237 e. The van der Waals surface area contributed by atoms with Gasteiger partial charge in [-0.25, -0.2) is 0 Å². The molecule has 1 N–H and O–H groups in total. The molecular formula is C22H22N4O2S3. The molecule has 3 aromatic rings.